The van der Waals surface area contributed by atoms with E-state index in [1.54, 1.807) is 6.20 Å². The largest absolute Gasteiger partial charge is 0.441 e. The Labute approximate surface area is 124 Å². The van der Waals surface area contributed by atoms with Crippen LogP contribution in [0.3, 0.4) is 0 Å². The maximum atomic E-state index is 12.1. The van der Waals surface area contributed by atoms with Crippen molar-refractivity contribution in [2.45, 2.75) is 32.1 Å². The molecule has 1 aromatic heterocycles. The lowest BCUT2D eigenvalue weighted by Gasteiger charge is -2.26. The van der Waals surface area contributed by atoms with Gasteiger partial charge in [-0.15, -0.1) is 0 Å². The maximum Gasteiger partial charge on any atom is 0.223 e. The Morgan fingerprint density at radius 3 is 2.67 bits per heavy atom. The van der Waals surface area contributed by atoms with Crippen molar-refractivity contribution in [2.75, 3.05) is 13.1 Å². The predicted molar refractivity (Wildman–Crippen MR) is 80.7 cm³/mol. The highest BCUT2D eigenvalue weighted by Crippen LogP contribution is 2.20. The summed E-state index contributed by atoms with van der Waals surface area (Å²) in [6.07, 6.45) is 6.28. The number of aromatic nitrogens is 1. The summed E-state index contributed by atoms with van der Waals surface area (Å²) in [5.74, 6) is 1.62. The van der Waals surface area contributed by atoms with Crippen LogP contribution in [-0.2, 0) is 11.2 Å². The van der Waals surface area contributed by atoms with Gasteiger partial charge in [-0.05, 0) is 19.3 Å². The van der Waals surface area contributed by atoms with E-state index in [0.29, 0.717) is 18.7 Å². The number of carbonyl (C=O) groups is 1. The minimum Gasteiger partial charge on any atom is -0.441 e. The van der Waals surface area contributed by atoms with Gasteiger partial charge in [0.05, 0.1) is 6.20 Å². The first-order valence-electron chi connectivity index (χ1n) is 7.61. The second-order valence-electron chi connectivity index (χ2n) is 5.43. The first kappa shape index (κ1) is 13.9. The van der Waals surface area contributed by atoms with Crippen LogP contribution in [0.4, 0.5) is 0 Å². The first-order chi connectivity index (χ1) is 10.3. The number of hydrogen-bond acceptors (Lipinski definition) is 3. The highest BCUT2D eigenvalue weighted by molar-refractivity contribution is 5.76. The molecule has 4 heteroatoms. The normalized spacial score (nSPS) is 15.1. The lowest BCUT2D eigenvalue weighted by Crippen LogP contribution is -2.35. The first-order valence-corrected chi connectivity index (χ1v) is 7.61. The average Bonchev–Trinajstić information content (AvgIpc) is 3.03. The molecule has 2 aromatic rings. The van der Waals surface area contributed by atoms with E-state index in [9.17, 15) is 4.79 Å². The summed E-state index contributed by atoms with van der Waals surface area (Å²) < 4.78 is 5.73. The molecule has 0 unspecified atom stereocenters. The Hall–Kier alpha value is -2.10. The van der Waals surface area contributed by atoms with Gasteiger partial charge >= 0.3 is 0 Å². The summed E-state index contributed by atoms with van der Waals surface area (Å²) in [4.78, 5) is 18.3. The molecule has 0 aliphatic carbocycles. The summed E-state index contributed by atoms with van der Waals surface area (Å²) >= 11 is 0. The lowest BCUT2D eigenvalue weighted by atomic mass is 10.1. The number of carbonyl (C=O) groups excluding carboxylic acids is 1. The molecule has 1 saturated heterocycles. The van der Waals surface area contributed by atoms with E-state index in [4.69, 9.17) is 4.42 Å². The van der Waals surface area contributed by atoms with Crippen LogP contribution in [0.25, 0.3) is 11.3 Å². The Morgan fingerprint density at radius 2 is 1.90 bits per heavy atom. The van der Waals surface area contributed by atoms with E-state index in [0.717, 1.165) is 37.3 Å². The quantitative estimate of drug-likeness (QED) is 0.865. The van der Waals surface area contributed by atoms with Crippen LogP contribution in [0.5, 0.6) is 0 Å². The zero-order valence-corrected chi connectivity index (χ0v) is 12.1. The van der Waals surface area contributed by atoms with Crippen LogP contribution in [0, 0.1) is 0 Å². The summed E-state index contributed by atoms with van der Waals surface area (Å²) in [7, 11) is 0. The van der Waals surface area contributed by atoms with Crippen molar-refractivity contribution in [2.24, 2.45) is 0 Å². The van der Waals surface area contributed by atoms with E-state index >= 15 is 0 Å². The van der Waals surface area contributed by atoms with Crippen molar-refractivity contribution in [1.82, 2.24) is 9.88 Å². The number of piperidine rings is 1. The number of amides is 1. The monoisotopic (exact) mass is 284 g/mol. The number of nitrogens with zero attached hydrogens (tertiary/aromatic N) is 2. The zero-order valence-electron chi connectivity index (χ0n) is 12.1. The number of aryl methyl sites for hydroxylation is 1. The molecular formula is C17H20N2O2. The van der Waals surface area contributed by atoms with Gasteiger partial charge in [0, 0.05) is 31.5 Å². The molecule has 1 aliphatic rings. The van der Waals surface area contributed by atoms with Gasteiger partial charge in [-0.1, -0.05) is 30.3 Å². The molecule has 0 saturated carbocycles. The van der Waals surface area contributed by atoms with Crippen LogP contribution < -0.4 is 0 Å². The second kappa shape index (κ2) is 6.57. The van der Waals surface area contributed by atoms with E-state index in [1.807, 2.05) is 35.2 Å². The highest BCUT2D eigenvalue weighted by Gasteiger charge is 2.17. The van der Waals surface area contributed by atoms with Crippen molar-refractivity contribution in [3.05, 3.63) is 42.4 Å². The molecule has 1 amide bonds. The number of hydrogen-bond donors (Lipinski definition) is 0. The highest BCUT2D eigenvalue weighted by atomic mass is 16.4. The third kappa shape index (κ3) is 3.51. The van der Waals surface area contributed by atoms with Gasteiger partial charge in [-0.3, -0.25) is 4.79 Å². The number of benzene rings is 1. The van der Waals surface area contributed by atoms with Crippen LogP contribution in [-0.4, -0.2) is 28.9 Å². The minimum atomic E-state index is 0.217. The Morgan fingerprint density at radius 1 is 1.14 bits per heavy atom. The summed E-state index contributed by atoms with van der Waals surface area (Å²) in [6.45, 7) is 1.80. The molecule has 3 rings (SSSR count). The molecule has 0 atom stereocenters. The van der Waals surface area contributed by atoms with Crippen molar-refractivity contribution < 1.29 is 9.21 Å². The van der Waals surface area contributed by atoms with Crippen LogP contribution >= 0.6 is 0 Å². The van der Waals surface area contributed by atoms with E-state index < -0.39 is 0 Å². The standard InChI is InChI=1S/C17H20N2O2/c20-17(19-11-5-2-6-12-19)10-9-16-18-13-15(21-16)14-7-3-1-4-8-14/h1,3-4,7-8,13H,2,5-6,9-12H2. The number of rotatable bonds is 4. The number of oxazole rings is 1. The fraction of sp³-hybridized carbons (Fsp3) is 0.412. The molecule has 1 aromatic carbocycles. The van der Waals surface area contributed by atoms with E-state index in [-0.39, 0.29) is 5.91 Å². The van der Waals surface area contributed by atoms with Crippen LogP contribution in [0.15, 0.2) is 40.9 Å². The van der Waals surface area contributed by atoms with Crippen molar-refractivity contribution in [3.8, 4) is 11.3 Å². The molecule has 2 heterocycles. The van der Waals surface area contributed by atoms with Crippen molar-refractivity contribution >= 4 is 5.91 Å². The molecule has 0 spiro atoms. The topological polar surface area (TPSA) is 46.3 Å². The van der Waals surface area contributed by atoms with Crippen LogP contribution in [0.2, 0.25) is 0 Å². The summed E-state index contributed by atoms with van der Waals surface area (Å²) in [5.41, 5.74) is 1.01. The molecule has 110 valence electrons. The van der Waals surface area contributed by atoms with Gasteiger partial charge in [-0.2, -0.15) is 0 Å². The lowest BCUT2D eigenvalue weighted by molar-refractivity contribution is -0.132. The van der Waals surface area contributed by atoms with E-state index in [2.05, 4.69) is 4.98 Å². The molecule has 4 nitrogen and oxygen atoms in total. The third-order valence-corrected chi connectivity index (χ3v) is 3.87. The predicted octanol–water partition coefficient (Wildman–Crippen LogP) is 3.29. The molecule has 0 N–H and O–H groups in total. The molecule has 0 bridgehead atoms. The molecule has 1 aliphatic heterocycles. The Kier molecular flexibility index (Phi) is 4.34. The SMILES string of the molecule is O=C(CCc1ncc(-c2ccccc2)o1)N1CCCCC1. The van der Waals surface area contributed by atoms with Gasteiger partial charge in [0.1, 0.15) is 0 Å². The third-order valence-electron chi connectivity index (χ3n) is 3.87. The summed E-state index contributed by atoms with van der Waals surface area (Å²) in [5, 5.41) is 0. The van der Waals surface area contributed by atoms with Gasteiger partial charge in [0.2, 0.25) is 5.91 Å². The summed E-state index contributed by atoms with van der Waals surface area (Å²) in [6, 6.07) is 9.89. The van der Waals surface area contributed by atoms with Crippen LogP contribution in [0.1, 0.15) is 31.6 Å². The number of likely N-dealkylation sites (tertiary alicyclic amines) is 1. The smallest absolute Gasteiger partial charge is 0.223 e. The molecule has 21 heavy (non-hydrogen) atoms. The maximum absolute atomic E-state index is 12.1. The average molecular weight is 284 g/mol. The molecule has 0 radical (unpaired) electrons. The molecule has 1 fully saturated rings. The fourth-order valence-electron chi connectivity index (χ4n) is 2.68. The van der Waals surface area contributed by atoms with Gasteiger partial charge < -0.3 is 9.32 Å². The van der Waals surface area contributed by atoms with Gasteiger partial charge in [0.25, 0.3) is 0 Å². The Bertz CT molecular complexity index is 586. The van der Waals surface area contributed by atoms with Gasteiger partial charge in [-0.25, -0.2) is 4.98 Å². The second-order valence-corrected chi connectivity index (χ2v) is 5.43. The van der Waals surface area contributed by atoms with E-state index in [1.165, 1.54) is 6.42 Å². The Balaban J connectivity index is 1.56. The fourth-order valence-corrected chi connectivity index (χ4v) is 2.68. The molecular weight excluding hydrogens is 264 g/mol. The van der Waals surface area contributed by atoms with Crippen molar-refractivity contribution in [3.63, 3.8) is 0 Å². The van der Waals surface area contributed by atoms with Crippen molar-refractivity contribution in [1.29, 1.82) is 0 Å². The minimum absolute atomic E-state index is 0.217. The zero-order chi connectivity index (χ0) is 14.5. The van der Waals surface area contributed by atoms with Gasteiger partial charge in [0.15, 0.2) is 11.7 Å².